The van der Waals surface area contributed by atoms with E-state index in [0.29, 0.717) is 12.3 Å². The molecule has 0 spiro atoms. The molecule has 2 aromatic rings. The number of halogens is 1. The second-order valence-corrected chi connectivity index (χ2v) is 6.11. The molecule has 1 atom stereocenters. The number of likely N-dealkylation sites (N-methyl/N-ethyl adjacent to an activating group) is 1. The van der Waals surface area contributed by atoms with Gasteiger partial charge in [-0.2, -0.15) is 10.2 Å². The van der Waals surface area contributed by atoms with Crippen LogP contribution in [-0.4, -0.2) is 45.1 Å². The van der Waals surface area contributed by atoms with Crippen molar-refractivity contribution >= 4 is 30.0 Å². The number of aromatic nitrogens is 4. The minimum atomic E-state index is -0.968. The molecular weight excluding hydrogens is 360 g/mol. The highest BCUT2D eigenvalue weighted by Gasteiger charge is 2.32. The fourth-order valence-corrected chi connectivity index (χ4v) is 2.35. The van der Waals surface area contributed by atoms with Gasteiger partial charge in [0.15, 0.2) is 5.54 Å². The molecule has 2 rings (SSSR count). The second kappa shape index (κ2) is 8.81. The summed E-state index contributed by atoms with van der Waals surface area (Å²) in [6.45, 7) is 5.45. The topological polar surface area (TPSA) is 103 Å². The summed E-state index contributed by atoms with van der Waals surface area (Å²) in [5, 5.41) is 14.0. The van der Waals surface area contributed by atoms with Gasteiger partial charge >= 0.3 is 5.97 Å². The van der Waals surface area contributed by atoms with Crippen LogP contribution < -0.4 is 10.6 Å². The Balaban J connectivity index is 0.00000338. The summed E-state index contributed by atoms with van der Waals surface area (Å²) in [5.74, 6) is -0.636. The first-order valence-electron chi connectivity index (χ1n) is 7.98. The number of nitrogens with one attached hydrogen (secondary N) is 2. The molecule has 1 amide bonds. The van der Waals surface area contributed by atoms with E-state index >= 15 is 0 Å². The number of nitrogens with zero attached hydrogens (tertiary/aromatic N) is 4. The summed E-state index contributed by atoms with van der Waals surface area (Å²) in [6, 6.07) is -0.546. The molecular formula is C16H25ClN6O3. The van der Waals surface area contributed by atoms with Crippen molar-refractivity contribution in [3.8, 4) is 0 Å². The number of amides is 1. The molecule has 26 heavy (non-hydrogen) atoms. The van der Waals surface area contributed by atoms with Gasteiger partial charge in [-0.3, -0.25) is 14.2 Å². The van der Waals surface area contributed by atoms with Gasteiger partial charge in [0.2, 0.25) is 5.91 Å². The van der Waals surface area contributed by atoms with Crippen LogP contribution in [0.3, 0.4) is 0 Å². The predicted molar refractivity (Wildman–Crippen MR) is 99.1 cm³/mol. The van der Waals surface area contributed by atoms with Gasteiger partial charge in [-0.25, -0.2) is 4.79 Å². The molecule has 144 valence electrons. The average Bonchev–Trinajstić information content (AvgIpc) is 3.18. The molecule has 0 aliphatic rings. The molecule has 1 unspecified atom stereocenters. The van der Waals surface area contributed by atoms with Gasteiger partial charge in [0.1, 0.15) is 6.04 Å². The smallest absolute Gasteiger partial charge is 0.333 e. The number of rotatable bonds is 7. The molecule has 0 saturated carbocycles. The van der Waals surface area contributed by atoms with Crippen molar-refractivity contribution in [2.75, 3.05) is 19.0 Å². The zero-order valence-corrected chi connectivity index (χ0v) is 16.3. The lowest BCUT2D eigenvalue weighted by molar-refractivity contribution is -0.152. The maximum Gasteiger partial charge on any atom is 0.333 e. The van der Waals surface area contributed by atoms with Gasteiger partial charge < -0.3 is 15.4 Å². The molecule has 9 nitrogen and oxygen atoms in total. The molecule has 0 aromatic carbocycles. The standard InChI is InChI=1S/C16H24N6O3.ClH/c1-6-25-15(24)16(2,3)22-10-12(8-19-22)20-14(23)13(17-4)11-7-18-21(5)9-11;/h7-10,13,17H,6H2,1-5H3,(H,20,23);1H. The van der Waals surface area contributed by atoms with Gasteiger partial charge in [0.25, 0.3) is 0 Å². The Hall–Kier alpha value is -2.39. The van der Waals surface area contributed by atoms with Gasteiger partial charge in [-0.05, 0) is 27.8 Å². The Kier molecular flexibility index (Phi) is 7.34. The van der Waals surface area contributed by atoms with Crippen LogP contribution in [0.1, 0.15) is 32.4 Å². The zero-order chi connectivity index (χ0) is 18.6. The first-order valence-corrected chi connectivity index (χ1v) is 7.98. The van der Waals surface area contributed by atoms with E-state index in [1.165, 1.54) is 10.9 Å². The molecule has 2 heterocycles. The molecule has 0 bridgehead atoms. The fraction of sp³-hybridized carbons (Fsp3) is 0.500. The van der Waals surface area contributed by atoms with Crippen molar-refractivity contribution in [1.82, 2.24) is 24.9 Å². The Morgan fingerprint density at radius 3 is 2.50 bits per heavy atom. The van der Waals surface area contributed by atoms with Crippen molar-refractivity contribution in [3.05, 3.63) is 30.4 Å². The largest absolute Gasteiger partial charge is 0.464 e. The van der Waals surface area contributed by atoms with Gasteiger partial charge in [-0.15, -0.1) is 12.4 Å². The van der Waals surface area contributed by atoms with Crippen molar-refractivity contribution < 1.29 is 14.3 Å². The average molecular weight is 385 g/mol. The van der Waals surface area contributed by atoms with Gasteiger partial charge in [-0.1, -0.05) is 0 Å². The van der Waals surface area contributed by atoms with Crippen LogP contribution in [0.4, 0.5) is 5.69 Å². The number of ether oxygens (including phenoxy) is 1. The van der Waals surface area contributed by atoms with E-state index in [1.807, 2.05) is 0 Å². The molecule has 2 N–H and O–H groups in total. The third kappa shape index (κ3) is 4.61. The van der Waals surface area contributed by atoms with Crippen LogP contribution in [-0.2, 0) is 26.9 Å². The minimum Gasteiger partial charge on any atom is -0.464 e. The summed E-state index contributed by atoms with van der Waals surface area (Å²) in [5.41, 5.74) is 0.276. The number of aryl methyl sites for hydroxylation is 1. The lowest BCUT2D eigenvalue weighted by Crippen LogP contribution is -2.37. The highest BCUT2D eigenvalue weighted by Crippen LogP contribution is 2.20. The maximum absolute atomic E-state index is 12.5. The summed E-state index contributed by atoms with van der Waals surface area (Å²) in [4.78, 5) is 24.6. The first-order chi connectivity index (χ1) is 11.8. The lowest BCUT2D eigenvalue weighted by Gasteiger charge is -2.22. The Morgan fingerprint density at radius 1 is 1.27 bits per heavy atom. The van der Waals surface area contributed by atoms with Crippen molar-refractivity contribution in [1.29, 1.82) is 0 Å². The number of hydrogen-bond donors (Lipinski definition) is 2. The molecule has 0 aliphatic heterocycles. The SMILES string of the molecule is CCOC(=O)C(C)(C)n1cc(NC(=O)C(NC)c2cnn(C)c2)cn1.Cl. The monoisotopic (exact) mass is 384 g/mol. The summed E-state index contributed by atoms with van der Waals surface area (Å²) in [7, 11) is 3.49. The van der Waals surface area contributed by atoms with E-state index in [-0.39, 0.29) is 24.3 Å². The summed E-state index contributed by atoms with van der Waals surface area (Å²) < 4.78 is 8.16. The third-order valence-electron chi connectivity index (χ3n) is 3.81. The lowest BCUT2D eigenvalue weighted by atomic mass is 10.1. The van der Waals surface area contributed by atoms with E-state index in [4.69, 9.17) is 4.74 Å². The Bertz CT molecular complexity index is 755. The fourth-order valence-electron chi connectivity index (χ4n) is 2.35. The number of hydrogen-bond acceptors (Lipinski definition) is 6. The molecule has 0 radical (unpaired) electrons. The molecule has 0 saturated heterocycles. The van der Waals surface area contributed by atoms with Gasteiger partial charge in [0.05, 0.1) is 24.7 Å². The van der Waals surface area contributed by atoms with E-state index in [9.17, 15) is 9.59 Å². The zero-order valence-electron chi connectivity index (χ0n) is 15.5. The predicted octanol–water partition coefficient (Wildman–Crippen LogP) is 1.24. The third-order valence-corrected chi connectivity index (χ3v) is 3.81. The van der Waals surface area contributed by atoms with Gasteiger partial charge in [0, 0.05) is 25.0 Å². The van der Waals surface area contributed by atoms with Crippen LogP contribution in [0.15, 0.2) is 24.8 Å². The Morgan fingerprint density at radius 2 is 1.96 bits per heavy atom. The highest BCUT2D eigenvalue weighted by molar-refractivity contribution is 5.95. The quantitative estimate of drug-likeness (QED) is 0.696. The highest BCUT2D eigenvalue weighted by atomic mass is 35.5. The van der Waals surface area contributed by atoms with E-state index in [1.54, 1.807) is 58.1 Å². The number of esters is 1. The van der Waals surface area contributed by atoms with Crippen molar-refractivity contribution in [2.24, 2.45) is 7.05 Å². The molecule has 0 aliphatic carbocycles. The number of carbonyl (C=O) groups excluding carboxylic acids is 2. The first kappa shape index (κ1) is 21.7. The van der Waals surface area contributed by atoms with Crippen LogP contribution in [0.2, 0.25) is 0 Å². The van der Waals surface area contributed by atoms with Crippen LogP contribution in [0.5, 0.6) is 0 Å². The van der Waals surface area contributed by atoms with E-state index in [2.05, 4.69) is 20.8 Å². The van der Waals surface area contributed by atoms with Crippen molar-refractivity contribution in [3.63, 3.8) is 0 Å². The normalized spacial score (nSPS) is 12.2. The van der Waals surface area contributed by atoms with Crippen LogP contribution in [0, 0.1) is 0 Å². The number of anilines is 1. The number of carbonyl (C=O) groups is 2. The molecule has 10 heteroatoms. The minimum absolute atomic E-state index is 0. The van der Waals surface area contributed by atoms with Crippen molar-refractivity contribution in [2.45, 2.75) is 32.4 Å². The van der Waals surface area contributed by atoms with E-state index < -0.39 is 11.6 Å². The second-order valence-electron chi connectivity index (χ2n) is 6.11. The van der Waals surface area contributed by atoms with E-state index in [0.717, 1.165) is 5.56 Å². The molecule has 0 fully saturated rings. The summed E-state index contributed by atoms with van der Waals surface area (Å²) in [6.07, 6.45) is 6.50. The van der Waals surface area contributed by atoms with Crippen LogP contribution >= 0.6 is 12.4 Å². The van der Waals surface area contributed by atoms with Crippen LogP contribution in [0.25, 0.3) is 0 Å². The summed E-state index contributed by atoms with van der Waals surface area (Å²) >= 11 is 0. The molecule has 2 aromatic heterocycles. The Labute approximate surface area is 158 Å². The maximum atomic E-state index is 12.5.